The molecule has 0 aromatic carbocycles. The van der Waals surface area contributed by atoms with Crippen LogP contribution < -0.4 is 5.32 Å². The highest BCUT2D eigenvalue weighted by Crippen LogP contribution is 2.09. The number of nitrogens with zero attached hydrogens (tertiary/aromatic N) is 4. The number of rotatable bonds is 6. The molecule has 0 radical (unpaired) electrons. The van der Waals surface area contributed by atoms with E-state index in [1.54, 1.807) is 0 Å². The number of aromatic nitrogens is 4. The Labute approximate surface area is 127 Å². The Hall–Kier alpha value is -1.62. The van der Waals surface area contributed by atoms with Gasteiger partial charge in [0, 0.05) is 24.8 Å². The highest BCUT2D eigenvalue weighted by atomic mass is 15.3. The van der Waals surface area contributed by atoms with Crippen molar-refractivity contribution >= 4 is 0 Å². The summed E-state index contributed by atoms with van der Waals surface area (Å²) in [7, 11) is 0. The molecule has 0 amide bonds. The second kappa shape index (κ2) is 6.43. The lowest BCUT2D eigenvalue weighted by molar-refractivity contribution is 0.419. The van der Waals surface area contributed by atoms with E-state index in [1.165, 1.54) is 5.69 Å². The van der Waals surface area contributed by atoms with Crippen molar-refractivity contribution in [1.29, 1.82) is 0 Å². The van der Waals surface area contributed by atoms with Crippen molar-refractivity contribution in [3.05, 3.63) is 35.4 Å². The molecule has 0 spiro atoms. The number of aryl methyl sites for hydroxylation is 2. The van der Waals surface area contributed by atoms with Gasteiger partial charge in [0.2, 0.25) is 0 Å². The largest absolute Gasteiger partial charge is 0.306 e. The molecule has 0 saturated heterocycles. The molecule has 5 heteroatoms. The van der Waals surface area contributed by atoms with Crippen molar-refractivity contribution in [2.24, 2.45) is 0 Å². The zero-order valence-corrected chi connectivity index (χ0v) is 13.8. The van der Waals surface area contributed by atoms with Gasteiger partial charge >= 0.3 is 0 Å². The molecule has 2 heterocycles. The van der Waals surface area contributed by atoms with Crippen LogP contribution in [0.5, 0.6) is 0 Å². The highest BCUT2D eigenvalue weighted by Gasteiger charge is 2.11. The highest BCUT2D eigenvalue weighted by molar-refractivity contribution is 5.11. The van der Waals surface area contributed by atoms with E-state index in [0.29, 0.717) is 0 Å². The Morgan fingerprint density at radius 1 is 1.14 bits per heavy atom. The number of hydrogen-bond donors (Lipinski definition) is 1. The van der Waals surface area contributed by atoms with Gasteiger partial charge in [0.1, 0.15) is 0 Å². The molecule has 0 unspecified atom stereocenters. The predicted molar refractivity (Wildman–Crippen MR) is 85.2 cm³/mol. The third-order valence-corrected chi connectivity index (χ3v) is 3.40. The van der Waals surface area contributed by atoms with Gasteiger partial charge in [0.15, 0.2) is 0 Å². The first-order chi connectivity index (χ1) is 9.91. The molecule has 2 aromatic heterocycles. The molecular formula is C16H27N5. The average molecular weight is 289 g/mol. The molecule has 0 bridgehead atoms. The molecule has 2 aromatic rings. The Kier molecular flexibility index (Phi) is 4.83. The van der Waals surface area contributed by atoms with E-state index in [-0.39, 0.29) is 5.54 Å². The lowest BCUT2D eigenvalue weighted by atomic mass is 10.1. The Balaban J connectivity index is 2.03. The van der Waals surface area contributed by atoms with Crippen LogP contribution in [0.4, 0.5) is 0 Å². The standard InChI is InChI=1S/C16H27N5/c1-6-13-10-15(21(7-2)19-13)12-20-9-8-14(18-20)11-17-16(3,4)5/h8-10,17H,6-7,11-12H2,1-5H3. The van der Waals surface area contributed by atoms with Crippen molar-refractivity contribution in [2.45, 2.75) is 66.2 Å². The van der Waals surface area contributed by atoms with Crippen molar-refractivity contribution in [3.63, 3.8) is 0 Å². The second-order valence-electron chi connectivity index (χ2n) is 6.40. The molecule has 116 valence electrons. The summed E-state index contributed by atoms with van der Waals surface area (Å²) in [6.45, 7) is 13.2. The van der Waals surface area contributed by atoms with Gasteiger partial charge in [-0.25, -0.2) is 0 Å². The first-order valence-corrected chi connectivity index (χ1v) is 7.74. The van der Waals surface area contributed by atoms with E-state index in [9.17, 15) is 0 Å². The van der Waals surface area contributed by atoms with Gasteiger partial charge in [-0.3, -0.25) is 9.36 Å². The molecule has 2 rings (SSSR count). The van der Waals surface area contributed by atoms with E-state index in [4.69, 9.17) is 0 Å². The SMILES string of the molecule is CCc1cc(Cn2ccc(CNC(C)(C)C)n2)n(CC)n1. The van der Waals surface area contributed by atoms with Crippen LogP contribution in [0.1, 0.15) is 51.7 Å². The van der Waals surface area contributed by atoms with Gasteiger partial charge in [0.05, 0.1) is 23.6 Å². The van der Waals surface area contributed by atoms with Crippen LogP contribution in [0, 0.1) is 0 Å². The third-order valence-electron chi connectivity index (χ3n) is 3.40. The first kappa shape index (κ1) is 15.8. The average Bonchev–Trinajstić information content (AvgIpc) is 3.02. The smallest absolute Gasteiger partial charge is 0.0828 e. The minimum Gasteiger partial charge on any atom is -0.306 e. The summed E-state index contributed by atoms with van der Waals surface area (Å²) >= 11 is 0. The minimum atomic E-state index is 0.112. The molecule has 0 fully saturated rings. The van der Waals surface area contributed by atoms with Gasteiger partial charge in [-0.1, -0.05) is 6.92 Å². The van der Waals surface area contributed by atoms with Crippen molar-refractivity contribution in [1.82, 2.24) is 24.9 Å². The van der Waals surface area contributed by atoms with Gasteiger partial charge < -0.3 is 5.32 Å². The van der Waals surface area contributed by atoms with Gasteiger partial charge in [-0.15, -0.1) is 0 Å². The van der Waals surface area contributed by atoms with Crippen LogP contribution in [0.2, 0.25) is 0 Å². The fraction of sp³-hybridized carbons (Fsp3) is 0.625. The maximum absolute atomic E-state index is 4.63. The molecule has 5 nitrogen and oxygen atoms in total. The summed E-state index contributed by atoms with van der Waals surface area (Å²) in [6, 6.07) is 4.25. The van der Waals surface area contributed by atoms with Crippen molar-refractivity contribution in [3.8, 4) is 0 Å². The predicted octanol–water partition coefficient (Wildman–Crippen LogP) is 2.60. The van der Waals surface area contributed by atoms with Crippen LogP contribution in [-0.4, -0.2) is 25.1 Å². The van der Waals surface area contributed by atoms with Crippen LogP contribution in [0.3, 0.4) is 0 Å². The fourth-order valence-corrected chi connectivity index (χ4v) is 2.20. The lowest BCUT2D eigenvalue weighted by Gasteiger charge is -2.19. The van der Waals surface area contributed by atoms with E-state index < -0.39 is 0 Å². The molecule has 0 aliphatic rings. The second-order valence-corrected chi connectivity index (χ2v) is 6.40. The summed E-state index contributed by atoms with van der Waals surface area (Å²) in [5.41, 5.74) is 3.55. The molecule has 0 aliphatic carbocycles. The molecule has 1 N–H and O–H groups in total. The van der Waals surface area contributed by atoms with Crippen LogP contribution in [0.25, 0.3) is 0 Å². The van der Waals surface area contributed by atoms with Crippen LogP contribution in [0.15, 0.2) is 18.3 Å². The van der Waals surface area contributed by atoms with E-state index in [1.807, 2.05) is 10.9 Å². The molecular weight excluding hydrogens is 262 g/mol. The van der Waals surface area contributed by atoms with Crippen molar-refractivity contribution < 1.29 is 0 Å². The first-order valence-electron chi connectivity index (χ1n) is 7.74. The molecule has 0 atom stereocenters. The molecule has 0 aliphatic heterocycles. The topological polar surface area (TPSA) is 47.7 Å². The maximum Gasteiger partial charge on any atom is 0.0828 e. The zero-order valence-electron chi connectivity index (χ0n) is 13.8. The quantitative estimate of drug-likeness (QED) is 0.889. The number of nitrogens with one attached hydrogen (secondary N) is 1. The molecule has 0 saturated carbocycles. The lowest BCUT2D eigenvalue weighted by Crippen LogP contribution is -2.35. The molecule has 21 heavy (non-hydrogen) atoms. The minimum absolute atomic E-state index is 0.112. The Morgan fingerprint density at radius 3 is 2.52 bits per heavy atom. The zero-order chi connectivity index (χ0) is 15.5. The van der Waals surface area contributed by atoms with Gasteiger partial charge in [0.25, 0.3) is 0 Å². The summed E-state index contributed by atoms with van der Waals surface area (Å²) < 4.78 is 4.05. The Bertz CT molecular complexity index is 574. The summed E-state index contributed by atoms with van der Waals surface area (Å²) in [5.74, 6) is 0. The normalized spacial score (nSPS) is 12.0. The fourth-order valence-electron chi connectivity index (χ4n) is 2.20. The van der Waals surface area contributed by atoms with Crippen LogP contribution in [-0.2, 0) is 26.1 Å². The van der Waals surface area contributed by atoms with Crippen molar-refractivity contribution in [2.75, 3.05) is 0 Å². The summed E-state index contributed by atoms with van der Waals surface area (Å²) in [6.07, 6.45) is 3.01. The summed E-state index contributed by atoms with van der Waals surface area (Å²) in [4.78, 5) is 0. The maximum atomic E-state index is 4.63. The van der Waals surface area contributed by atoms with E-state index >= 15 is 0 Å². The van der Waals surface area contributed by atoms with Gasteiger partial charge in [-0.2, -0.15) is 10.2 Å². The summed E-state index contributed by atoms with van der Waals surface area (Å²) in [5, 5.41) is 12.7. The van der Waals surface area contributed by atoms with E-state index in [2.05, 4.69) is 66.9 Å². The third kappa shape index (κ3) is 4.43. The van der Waals surface area contributed by atoms with E-state index in [0.717, 1.165) is 37.4 Å². The van der Waals surface area contributed by atoms with Crippen LogP contribution >= 0.6 is 0 Å². The number of hydrogen-bond acceptors (Lipinski definition) is 3. The Morgan fingerprint density at radius 2 is 1.90 bits per heavy atom. The monoisotopic (exact) mass is 289 g/mol. The van der Waals surface area contributed by atoms with Gasteiger partial charge in [-0.05, 0) is 46.2 Å².